The highest BCUT2D eigenvalue weighted by Gasteiger charge is 2.54. The largest absolute Gasteiger partial charge is 0.285 e. The minimum atomic E-state index is -0.0972. The Morgan fingerprint density at radius 3 is 2.08 bits per heavy atom. The van der Waals surface area contributed by atoms with Crippen LogP contribution in [0.1, 0.15) is 26.7 Å². The SMILES string of the molecule is C[C@@H]1CCN2CC[C@H](C)C12C#N. The average molecular weight is 164 g/mol. The van der Waals surface area contributed by atoms with Crippen LogP contribution in [0, 0.1) is 23.2 Å². The minimum Gasteiger partial charge on any atom is -0.285 e. The molecule has 2 aliphatic rings. The highest BCUT2D eigenvalue weighted by atomic mass is 15.3. The fourth-order valence-electron chi connectivity index (χ4n) is 3.02. The van der Waals surface area contributed by atoms with Crippen molar-refractivity contribution in [2.24, 2.45) is 11.8 Å². The van der Waals surface area contributed by atoms with Crippen LogP contribution in [0.5, 0.6) is 0 Å². The van der Waals surface area contributed by atoms with Crippen molar-refractivity contribution in [1.82, 2.24) is 4.90 Å². The number of nitrogens with zero attached hydrogens (tertiary/aromatic N) is 2. The van der Waals surface area contributed by atoms with Gasteiger partial charge >= 0.3 is 0 Å². The van der Waals surface area contributed by atoms with Crippen LogP contribution in [0.15, 0.2) is 0 Å². The molecule has 2 aliphatic heterocycles. The third-order valence-electron chi connectivity index (χ3n) is 3.87. The van der Waals surface area contributed by atoms with Crippen LogP contribution in [-0.4, -0.2) is 23.5 Å². The van der Waals surface area contributed by atoms with Gasteiger partial charge in [0, 0.05) is 13.1 Å². The van der Waals surface area contributed by atoms with E-state index in [1.165, 1.54) is 12.8 Å². The Bertz CT molecular complexity index is 214. The van der Waals surface area contributed by atoms with Crippen LogP contribution >= 0.6 is 0 Å². The predicted octanol–water partition coefficient (Wildman–Crippen LogP) is 1.63. The summed E-state index contributed by atoms with van der Waals surface area (Å²) >= 11 is 0. The second-order valence-corrected chi connectivity index (χ2v) is 4.30. The number of hydrogen-bond donors (Lipinski definition) is 0. The standard InChI is InChI=1S/C10H16N2/c1-8-3-5-12-6-4-9(2)10(8,12)7-11/h8-9H,3-6H2,1-2H3/t8-,9+,10?. The van der Waals surface area contributed by atoms with E-state index in [-0.39, 0.29) is 5.54 Å². The Labute approximate surface area is 74.2 Å². The molecule has 0 aromatic heterocycles. The van der Waals surface area contributed by atoms with Crippen LogP contribution in [0.2, 0.25) is 0 Å². The molecule has 0 aromatic rings. The molecule has 12 heavy (non-hydrogen) atoms. The summed E-state index contributed by atoms with van der Waals surface area (Å²) < 4.78 is 0. The summed E-state index contributed by atoms with van der Waals surface area (Å²) in [6.45, 7) is 6.73. The quantitative estimate of drug-likeness (QED) is 0.544. The summed E-state index contributed by atoms with van der Waals surface area (Å²) in [5, 5.41) is 9.28. The molecule has 2 fully saturated rings. The van der Waals surface area contributed by atoms with Gasteiger partial charge in [0.15, 0.2) is 0 Å². The Balaban J connectivity index is 2.37. The summed E-state index contributed by atoms with van der Waals surface area (Å²) in [5.74, 6) is 1.14. The van der Waals surface area contributed by atoms with Crippen LogP contribution in [0.4, 0.5) is 0 Å². The van der Waals surface area contributed by atoms with Crippen LogP contribution in [0.25, 0.3) is 0 Å². The maximum Gasteiger partial charge on any atom is 0.114 e. The van der Waals surface area contributed by atoms with Gasteiger partial charge < -0.3 is 0 Å². The topological polar surface area (TPSA) is 27.0 Å². The lowest BCUT2D eigenvalue weighted by Gasteiger charge is -2.32. The molecule has 0 N–H and O–H groups in total. The average Bonchev–Trinajstić information content (AvgIpc) is 2.54. The first-order valence-electron chi connectivity index (χ1n) is 4.88. The summed E-state index contributed by atoms with van der Waals surface area (Å²) in [4.78, 5) is 2.39. The number of hydrogen-bond acceptors (Lipinski definition) is 2. The molecule has 0 spiro atoms. The highest BCUT2D eigenvalue weighted by molar-refractivity contribution is 5.19. The molecule has 3 atom stereocenters. The van der Waals surface area contributed by atoms with Gasteiger partial charge in [0.2, 0.25) is 0 Å². The molecule has 0 bridgehead atoms. The summed E-state index contributed by atoms with van der Waals surface area (Å²) in [5.41, 5.74) is -0.0972. The molecule has 2 nitrogen and oxygen atoms in total. The van der Waals surface area contributed by atoms with Crippen molar-refractivity contribution in [1.29, 1.82) is 5.26 Å². The molecular weight excluding hydrogens is 148 g/mol. The van der Waals surface area contributed by atoms with E-state index in [1.54, 1.807) is 0 Å². The number of fused-ring (bicyclic) bond motifs is 1. The molecule has 2 rings (SSSR count). The number of nitriles is 1. The molecular formula is C10H16N2. The lowest BCUT2D eigenvalue weighted by molar-refractivity contribution is 0.184. The smallest absolute Gasteiger partial charge is 0.114 e. The van der Waals surface area contributed by atoms with Crippen molar-refractivity contribution in [2.45, 2.75) is 32.2 Å². The predicted molar refractivity (Wildman–Crippen MR) is 47.5 cm³/mol. The van der Waals surface area contributed by atoms with Gasteiger partial charge in [-0.05, 0) is 24.7 Å². The third kappa shape index (κ3) is 0.728. The van der Waals surface area contributed by atoms with Crippen LogP contribution in [0.3, 0.4) is 0 Å². The fourth-order valence-corrected chi connectivity index (χ4v) is 3.02. The normalized spacial score (nSPS) is 47.4. The van der Waals surface area contributed by atoms with Gasteiger partial charge in [0.1, 0.15) is 5.54 Å². The van der Waals surface area contributed by atoms with Gasteiger partial charge in [0.25, 0.3) is 0 Å². The van der Waals surface area contributed by atoms with E-state index in [0.29, 0.717) is 11.8 Å². The van der Waals surface area contributed by atoms with Crippen molar-refractivity contribution < 1.29 is 0 Å². The zero-order valence-corrected chi connectivity index (χ0v) is 7.88. The molecule has 2 heterocycles. The minimum absolute atomic E-state index is 0.0972. The second kappa shape index (κ2) is 2.47. The monoisotopic (exact) mass is 164 g/mol. The maximum atomic E-state index is 9.28. The first-order valence-corrected chi connectivity index (χ1v) is 4.88. The van der Waals surface area contributed by atoms with Crippen molar-refractivity contribution >= 4 is 0 Å². The van der Waals surface area contributed by atoms with Crippen LogP contribution < -0.4 is 0 Å². The molecule has 0 radical (unpaired) electrons. The van der Waals surface area contributed by atoms with E-state index in [2.05, 4.69) is 24.8 Å². The third-order valence-corrected chi connectivity index (χ3v) is 3.87. The lowest BCUT2D eigenvalue weighted by Crippen LogP contribution is -2.44. The molecule has 0 saturated carbocycles. The van der Waals surface area contributed by atoms with Crippen molar-refractivity contribution in [2.75, 3.05) is 13.1 Å². The lowest BCUT2D eigenvalue weighted by atomic mass is 9.79. The van der Waals surface area contributed by atoms with E-state index < -0.39 is 0 Å². The molecule has 1 unspecified atom stereocenters. The van der Waals surface area contributed by atoms with Gasteiger partial charge in [-0.25, -0.2) is 0 Å². The zero-order valence-electron chi connectivity index (χ0n) is 7.88. The maximum absolute atomic E-state index is 9.28. The first-order chi connectivity index (χ1) is 5.71. The summed E-state index contributed by atoms with van der Waals surface area (Å²) in [7, 11) is 0. The van der Waals surface area contributed by atoms with E-state index in [4.69, 9.17) is 0 Å². The molecule has 2 heteroatoms. The van der Waals surface area contributed by atoms with Gasteiger partial charge in [-0.1, -0.05) is 13.8 Å². The number of rotatable bonds is 0. The summed E-state index contributed by atoms with van der Waals surface area (Å²) in [6, 6.07) is 2.56. The molecule has 0 aromatic carbocycles. The van der Waals surface area contributed by atoms with Gasteiger partial charge in [-0.15, -0.1) is 0 Å². The highest BCUT2D eigenvalue weighted by Crippen LogP contribution is 2.45. The molecule has 0 aliphatic carbocycles. The van der Waals surface area contributed by atoms with E-state index >= 15 is 0 Å². The summed E-state index contributed by atoms with van der Waals surface area (Å²) in [6.07, 6.45) is 2.41. The first kappa shape index (κ1) is 8.07. The fraction of sp³-hybridized carbons (Fsp3) is 0.900. The van der Waals surface area contributed by atoms with Crippen molar-refractivity contribution in [3.8, 4) is 6.07 Å². The van der Waals surface area contributed by atoms with Gasteiger partial charge in [0.05, 0.1) is 6.07 Å². The Hall–Kier alpha value is -0.550. The molecule has 0 amide bonds. The van der Waals surface area contributed by atoms with Gasteiger partial charge in [-0.3, -0.25) is 4.90 Å². The Morgan fingerprint density at radius 1 is 1.25 bits per heavy atom. The second-order valence-electron chi connectivity index (χ2n) is 4.30. The molecule has 2 saturated heterocycles. The zero-order chi connectivity index (χ0) is 8.77. The Kier molecular flexibility index (Phi) is 1.66. The van der Waals surface area contributed by atoms with Crippen molar-refractivity contribution in [3.63, 3.8) is 0 Å². The van der Waals surface area contributed by atoms with Crippen LogP contribution in [-0.2, 0) is 0 Å². The van der Waals surface area contributed by atoms with Crippen molar-refractivity contribution in [3.05, 3.63) is 0 Å². The van der Waals surface area contributed by atoms with E-state index in [1.807, 2.05) is 0 Å². The van der Waals surface area contributed by atoms with E-state index in [9.17, 15) is 5.26 Å². The Morgan fingerprint density at radius 2 is 1.75 bits per heavy atom. The van der Waals surface area contributed by atoms with Gasteiger partial charge in [-0.2, -0.15) is 5.26 Å². The van der Waals surface area contributed by atoms with E-state index in [0.717, 1.165) is 13.1 Å². The molecule has 66 valence electrons.